The van der Waals surface area contributed by atoms with Crippen LogP contribution in [0.25, 0.3) is 17.0 Å². The quantitative estimate of drug-likeness (QED) is 0.443. The first-order chi connectivity index (χ1) is 13.5. The van der Waals surface area contributed by atoms with Crippen molar-refractivity contribution in [3.8, 4) is 0 Å². The van der Waals surface area contributed by atoms with Crippen LogP contribution in [0.2, 0.25) is 0 Å². The van der Waals surface area contributed by atoms with Crippen molar-refractivity contribution in [1.82, 2.24) is 4.98 Å². The minimum Gasteiger partial charge on any atom is -0.457 e. The molecule has 2 aromatic heterocycles. The van der Waals surface area contributed by atoms with Crippen molar-refractivity contribution < 1.29 is 9.21 Å². The number of hydrogen-bond acceptors (Lipinski definition) is 4. The predicted octanol–water partition coefficient (Wildman–Crippen LogP) is 5.75. The number of aromatic nitrogens is 1. The SMILES string of the molecule is Cc1ccc(Cc2cnc(NC(=O)C=Cc3cc4cc(C)ccc4o3)s2)cc1. The Hall–Kier alpha value is -3.18. The summed E-state index contributed by atoms with van der Waals surface area (Å²) < 4.78 is 5.72. The number of nitrogens with zero attached hydrogens (tertiary/aromatic N) is 1. The zero-order chi connectivity index (χ0) is 19.5. The summed E-state index contributed by atoms with van der Waals surface area (Å²) in [4.78, 5) is 17.6. The van der Waals surface area contributed by atoms with Crippen LogP contribution in [0, 0.1) is 13.8 Å². The second-order valence-corrected chi connectivity index (χ2v) is 7.92. The maximum Gasteiger partial charge on any atom is 0.250 e. The number of nitrogens with one attached hydrogen (secondary N) is 1. The van der Waals surface area contributed by atoms with Crippen molar-refractivity contribution in [3.63, 3.8) is 0 Å². The molecule has 28 heavy (non-hydrogen) atoms. The fraction of sp³-hybridized carbons (Fsp3) is 0.130. The van der Waals surface area contributed by atoms with E-state index in [4.69, 9.17) is 4.42 Å². The lowest BCUT2D eigenvalue weighted by Crippen LogP contribution is -2.06. The van der Waals surface area contributed by atoms with E-state index in [1.165, 1.54) is 34.1 Å². The Balaban J connectivity index is 1.38. The average molecular weight is 388 g/mol. The van der Waals surface area contributed by atoms with Gasteiger partial charge in [-0.2, -0.15) is 0 Å². The summed E-state index contributed by atoms with van der Waals surface area (Å²) in [7, 11) is 0. The Labute approximate surface area is 167 Å². The molecule has 4 aromatic rings. The molecule has 0 unspecified atom stereocenters. The van der Waals surface area contributed by atoms with Gasteiger partial charge in [0.1, 0.15) is 11.3 Å². The lowest BCUT2D eigenvalue weighted by atomic mass is 10.1. The van der Waals surface area contributed by atoms with Gasteiger partial charge in [0, 0.05) is 29.0 Å². The molecule has 0 bridgehead atoms. The molecule has 4 rings (SSSR count). The summed E-state index contributed by atoms with van der Waals surface area (Å²) in [5.74, 6) is 0.419. The molecule has 1 amide bonds. The number of fused-ring (bicyclic) bond motifs is 1. The van der Waals surface area contributed by atoms with Gasteiger partial charge in [0.05, 0.1) is 0 Å². The summed E-state index contributed by atoms with van der Waals surface area (Å²) in [5, 5.41) is 4.43. The topological polar surface area (TPSA) is 55.1 Å². The van der Waals surface area contributed by atoms with E-state index in [1.807, 2.05) is 31.3 Å². The molecule has 140 valence electrons. The van der Waals surface area contributed by atoms with Gasteiger partial charge >= 0.3 is 0 Å². The smallest absolute Gasteiger partial charge is 0.250 e. The van der Waals surface area contributed by atoms with Crippen LogP contribution in [0.15, 0.2) is 65.2 Å². The number of benzene rings is 2. The molecule has 0 saturated carbocycles. The van der Waals surface area contributed by atoms with Gasteiger partial charge in [0.15, 0.2) is 5.13 Å². The average Bonchev–Trinajstić information content (AvgIpc) is 3.28. The van der Waals surface area contributed by atoms with Gasteiger partial charge in [-0.25, -0.2) is 4.98 Å². The van der Waals surface area contributed by atoms with Gasteiger partial charge in [0.2, 0.25) is 5.91 Å². The van der Waals surface area contributed by atoms with E-state index in [-0.39, 0.29) is 5.91 Å². The number of carbonyl (C=O) groups excluding carboxylic acids is 1. The van der Waals surface area contributed by atoms with Gasteiger partial charge in [-0.05, 0) is 43.7 Å². The molecule has 0 spiro atoms. The van der Waals surface area contributed by atoms with E-state index in [9.17, 15) is 4.79 Å². The number of carbonyl (C=O) groups is 1. The van der Waals surface area contributed by atoms with E-state index >= 15 is 0 Å². The van der Waals surface area contributed by atoms with Crippen LogP contribution in [0.1, 0.15) is 27.3 Å². The van der Waals surface area contributed by atoms with Crippen molar-refractivity contribution in [2.24, 2.45) is 0 Å². The summed E-state index contributed by atoms with van der Waals surface area (Å²) in [6, 6.07) is 16.4. The van der Waals surface area contributed by atoms with Crippen molar-refractivity contribution in [2.45, 2.75) is 20.3 Å². The number of aryl methyl sites for hydroxylation is 2. The first-order valence-electron chi connectivity index (χ1n) is 9.05. The Bertz CT molecular complexity index is 1150. The summed E-state index contributed by atoms with van der Waals surface area (Å²) in [6.07, 6.45) is 5.75. The predicted molar refractivity (Wildman–Crippen MR) is 115 cm³/mol. The van der Waals surface area contributed by atoms with E-state index in [0.717, 1.165) is 22.3 Å². The molecule has 2 aromatic carbocycles. The lowest BCUT2D eigenvalue weighted by molar-refractivity contribution is -0.111. The normalized spacial score (nSPS) is 11.4. The van der Waals surface area contributed by atoms with Crippen LogP contribution in [-0.4, -0.2) is 10.9 Å². The third-order valence-corrected chi connectivity index (χ3v) is 5.29. The van der Waals surface area contributed by atoms with Crippen molar-refractivity contribution in [3.05, 3.63) is 88.1 Å². The summed E-state index contributed by atoms with van der Waals surface area (Å²) in [5.41, 5.74) is 4.46. The molecule has 5 heteroatoms. The first-order valence-corrected chi connectivity index (χ1v) is 9.86. The largest absolute Gasteiger partial charge is 0.457 e. The fourth-order valence-electron chi connectivity index (χ4n) is 2.92. The molecule has 1 N–H and O–H groups in total. The number of anilines is 1. The molecule has 0 saturated heterocycles. The van der Waals surface area contributed by atoms with Crippen molar-refractivity contribution >= 4 is 39.4 Å². The molecule has 2 heterocycles. The minimum absolute atomic E-state index is 0.229. The number of rotatable bonds is 5. The maximum absolute atomic E-state index is 12.2. The van der Waals surface area contributed by atoms with Crippen LogP contribution in [0.5, 0.6) is 0 Å². The molecular weight excluding hydrogens is 368 g/mol. The first kappa shape index (κ1) is 18.2. The maximum atomic E-state index is 12.2. The van der Waals surface area contributed by atoms with Crippen molar-refractivity contribution in [2.75, 3.05) is 5.32 Å². The van der Waals surface area contributed by atoms with Gasteiger partial charge < -0.3 is 4.42 Å². The number of thiazole rings is 1. The Morgan fingerprint density at radius 1 is 1.11 bits per heavy atom. The Kier molecular flexibility index (Phi) is 5.08. The van der Waals surface area contributed by atoms with E-state index in [0.29, 0.717) is 10.9 Å². The minimum atomic E-state index is -0.229. The van der Waals surface area contributed by atoms with E-state index < -0.39 is 0 Å². The second-order valence-electron chi connectivity index (χ2n) is 6.81. The molecule has 0 fully saturated rings. The van der Waals surface area contributed by atoms with Gasteiger partial charge in [0.25, 0.3) is 0 Å². The highest BCUT2D eigenvalue weighted by Crippen LogP contribution is 2.23. The zero-order valence-electron chi connectivity index (χ0n) is 15.7. The number of amides is 1. The van der Waals surface area contributed by atoms with Crippen LogP contribution < -0.4 is 5.32 Å². The second kappa shape index (κ2) is 7.82. The summed E-state index contributed by atoms with van der Waals surface area (Å²) in [6.45, 7) is 4.11. The van der Waals surface area contributed by atoms with E-state index in [2.05, 4.69) is 47.6 Å². The molecule has 0 aliphatic heterocycles. The molecule has 0 radical (unpaired) electrons. The third kappa shape index (κ3) is 4.38. The van der Waals surface area contributed by atoms with Gasteiger partial charge in [-0.3, -0.25) is 10.1 Å². The monoisotopic (exact) mass is 388 g/mol. The highest BCUT2D eigenvalue weighted by molar-refractivity contribution is 7.15. The summed E-state index contributed by atoms with van der Waals surface area (Å²) >= 11 is 1.49. The van der Waals surface area contributed by atoms with Gasteiger partial charge in [-0.15, -0.1) is 11.3 Å². The van der Waals surface area contributed by atoms with Gasteiger partial charge in [-0.1, -0.05) is 41.5 Å². The zero-order valence-corrected chi connectivity index (χ0v) is 16.5. The highest BCUT2D eigenvalue weighted by atomic mass is 32.1. The van der Waals surface area contributed by atoms with Crippen LogP contribution in [0.3, 0.4) is 0 Å². The van der Waals surface area contributed by atoms with Crippen LogP contribution in [0.4, 0.5) is 5.13 Å². The molecule has 0 aliphatic carbocycles. The molecule has 0 atom stereocenters. The molecular formula is C23H20N2O2S. The molecule has 4 nitrogen and oxygen atoms in total. The molecule has 0 aliphatic rings. The fourth-order valence-corrected chi connectivity index (χ4v) is 3.77. The number of hydrogen-bond donors (Lipinski definition) is 1. The van der Waals surface area contributed by atoms with E-state index in [1.54, 1.807) is 6.08 Å². The Morgan fingerprint density at radius 2 is 1.89 bits per heavy atom. The van der Waals surface area contributed by atoms with Crippen LogP contribution >= 0.6 is 11.3 Å². The standard InChI is InChI=1S/C23H20N2O2S/c1-15-3-6-17(7-4-15)12-20-14-24-23(28-20)25-22(26)10-8-19-13-18-11-16(2)5-9-21(18)27-19/h3-11,13-14H,12H2,1-2H3,(H,24,25,26). The number of furan rings is 1. The third-order valence-electron chi connectivity index (χ3n) is 4.37. The van der Waals surface area contributed by atoms with Crippen molar-refractivity contribution in [1.29, 1.82) is 0 Å². The van der Waals surface area contributed by atoms with Crippen LogP contribution in [-0.2, 0) is 11.2 Å². The Morgan fingerprint density at radius 3 is 2.71 bits per heavy atom. The highest BCUT2D eigenvalue weighted by Gasteiger charge is 2.06. The lowest BCUT2D eigenvalue weighted by Gasteiger charge is -1.99.